The highest BCUT2D eigenvalue weighted by Gasteiger charge is 2.13. The van der Waals surface area contributed by atoms with E-state index in [0.717, 1.165) is 38.9 Å². The monoisotopic (exact) mass is 361 g/mol. The third-order valence-electron chi connectivity index (χ3n) is 4.17. The van der Waals surface area contributed by atoms with Crippen LogP contribution in [0.1, 0.15) is 11.4 Å². The van der Waals surface area contributed by atoms with Crippen LogP contribution in [0, 0.1) is 13.8 Å². The lowest BCUT2D eigenvalue weighted by Crippen LogP contribution is -2.00. The number of rotatable bonds is 4. The molecule has 2 heterocycles. The van der Waals surface area contributed by atoms with Crippen molar-refractivity contribution in [1.29, 1.82) is 0 Å². The standard InChI is InChI=1S/C21H19N3OS/c1-13-9-10-18(25-3)17(11-13)24-20-16-12-19(15-7-5-4-6-8-15)26-21(16)23-14(2)22-20/h4-12H,1-3H3,(H,22,23,24). The normalized spacial score (nSPS) is 10.9. The lowest BCUT2D eigenvalue weighted by Gasteiger charge is -2.12. The van der Waals surface area contributed by atoms with Crippen molar-refractivity contribution in [3.8, 4) is 16.2 Å². The van der Waals surface area contributed by atoms with E-state index in [9.17, 15) is 0 Å². The molecule has 0 spiro atoms. The van der Waals surface area contributed by atoms with Gasteiger partial charge in [0.1, 0.15) is 22.2 Å². The molecule has 0 unspecified atom stereocenters. The Morgan fingerprint density at radius 1 is 0.962 bits per heavy atom. The van der Waals surface area contributed by atoms with Gasteiger partial charge in [0.05, 0.1) is 18.2 Å². The number of ether oxygens (including phenoxy) is 1. The van der Waals surface area contributed by atoms with E-state index in [1.807, 2.05) is 37.3 Å². The van der Waals surface area contributed by atoms with E-state index in [1.165, 1.54) is 10.4 Å². The molecule has 0 radical (unpaired) electrons. The first-order valence-corrected chi connectivity index (χ1v) is 9.21. The number of hydrogen-bond donors (Lipinski definition) is 1. The van der Waals surface area contributed by atoms with Gasteiger partial charge in [-0.3, -0.25) is 0 Å². The molecule has 4 nitrogen and oxygen atoms in total. The van der Waals surface area contributed by atoms with Crippen LogP contribution in [0.3, 0.4) is 0 Å². The summed E-state index contributed by atoms with van der Waals surface area (Å²) in [5.41, 5.74) is 3.25. The van der Waals surface area contributed by atoms with Crippen molar-refractivity contribution >= 4 is 33.1 Å². The molecule has 1 N–H and O–H groups in total. The van der Waals surface area contributed by atoms with Crippen LogP contribution in [0.15, 0.2) is 54.6 Å². The Hall–Kier alpha value is -2.92. The number of aromatic nitrogens is 2. The van der Waals surface area contributed by atoms with Gasteiger partial charge in [-0.15, -0.1) is 11.3 Å². The highest BCUT2D eigenvalue weighted by atomic mass is 32.1. The molecular weight excluding hydrogens is 342 g/mol. The maximum atomic E-state index is 5.49. The van der Waals surface area contributed by atoms with Crippen molar-refractivity contribution in [3.05, 3.63) is 66.0 Å². The van der Waals surface area contributed by atoms with Crippen LogP contribution < -0.4 is 10.1 Å². The second kappa shape index (κ2) is 6.77. The average Bonchev–Trinajstić information content (AvgIpc) is 3.07. The molecule has 0 saturated carbocycles. The Morgan fingerprint density at radius 3 is 2.54 bits per heavy atom. The van der Waals surface area contributed by atoms with E-state index in [-0.39, 0.29) is 0 Å². The van der Waals surface area contributed by atoms with Gasteiger partial charge in [-0.05, 0) is 43.2 Å². The summed E-state index contributed by atoms with van der Waals surface area (Å²) in [5, 5.41) is 4.46. The van der Waals surface area contributed by atoms with Crippen LogP contribution >= 0.6 is 11.3 Å². The SMILES string of the molecule is COc1ccc(C)cc1Nc1nc(C)nc2sc(-c3ccccc3)cc12. The maximum Gasteiger partial charge on any atom is 0.143 e. The number of thiophene rings is 1. The summed E-state index contributed by atoms with van der Waals surface area (Å²) in [4.78, 5) is 11.4. The number of anilines is 2. The third-order valence-corrected chi connectivity index (χ3v) is 5.25. The van der Waals surface area contributed by atoms with E-state index in [1.54, 1.807) is 18.4 Å². The van der Waals surface area contributed by atoms with Gasteiger partial charge in [0, 0.05) is 4.88 Å². The van der Waals surface area contributed by atoms with Gasteiger partial charge in [0.25, 0.3) is 0 Å². The molecule has 4 rings (SSSR count). The van der Waals surface area contributed by atoms with Gasteiger partial charge in [0.2, 0.25) is 0 Å². The van der Waals surface area contributed by atoms with E-state index < -0.39 is 0 Å². The summed E-state index contributed by atoms with van der Waals surface area (Å²) in [5.74, 6) is 2.33. The Kier molecular flexibility index (Phi) is 4.31. The smallest absolute Gasteiger partial charge is 0.143 e. The number of benzene rings is 2. The Balaban J connectivity index is 1.83. The van der Waals surface area contributed by atoms with E-state index >= 15 is 0 Å². The molecule has 0 atom stereocenters. The van der Waals surface area contributed by atoms with Gasteiger partial charge in [-0.1, -0.05) is 36.4 Å². The molecule has 0 saturated heterocycles. The molecule has 26 heavy (non-hydrogen) atoms. The zero-order valence-electron chi connectivity index (χ0n) is 14.9. The first-order valence-electron chi connectivity index (χ1n) is 8.39. The summed E-state index contributed by atoms with van der Waals surface area (Å²) >= 11 is 1.68. The van der Waals surface area contributed by atoms with E-state index in [4.69, 9.17) is 4.74 Å². The van der Waals surface area contributed by atoms with E-state index in [0.29, 0.717) is 0 Å². The molecule has 0 amide bonds. The average molecular weight is 361 g/mol. The minimum absolute atomic E-state index is 0.744. The summed E-state index contributed by atoms with van der Waals surface area (Å²) in [6.45, 7) is 3.98. The molecule has 0 aliphatic carbocycles. The largest absolute Gasteiger partial charge is 0.495 e. The van der Waals surface area contributed by atoms with Gasteiger partial charge in [-0.2, -0.15) is 0 Å². The summed E-state index contributed by atoms with van der Waals surface area (Å²) in [6, 6.07) is 18.6. The van der Waals surface area contributed by atoms with Crippen molar-refractivity contribution in [1.82, 2.24) is 9.97 Å². The highest BCUT2D eigenvalue weighted by molar-refractivity contribution is 7.21. The van der Waals surface area contributed by atoms with Gasteiger partial charge < -0.3 is 10.1 Å². The van der Waals surface area contributed by atoms with Crippen LogP contribution in [0.4, 0.5) is 11.5 Å². The van der Waals surface area contributed by atoms with Crippen molar-refractivity contribution in [2.45, 2.75) is 13.8 Å². The lowest BCUT2D eigenvalue weighted by atomic mass is 10.2. The molecule has 5 heteroatoms. The molecule has 0 fully saturated rings. The molecule has 2 aromatic carbocycles. The lowest BCUT2D eigenvalue weighted by molar-refractivity contribution is 0.416. The number of hydrogen-bond acceptors (Lipinski definition) is 5. The topological polar surface area (TPSA) is 47.0 Å². The fourth-order valence-corrected chi connectivity index (χ4v) is 4.00. The van der Waals surface area contributed by atoms with Crippen LogP contribution in [0.5, 0.6) is 5.75 Å². The van der Waals surface area contributed by atoms with Crippen LogP contribution in [0.2, 0.25) is 0 Å². The van der Waals surface area contributed by atoms with Gasteiger partial charge in [0.15, 0.2) is 0 Å². The van der Waals surface area contributed by atoms with Gasteiger partial charge >= 0.3 is 0 Å². The number of fused-ring (bicyclic) bond motifs is 1. The number of nitrogens with one attached hydrogen (secondary N) is 1. The Bertz CT molecular complexity index is 1070. The predicted molar refractivity (Wildman–Crippen MR) is 109 cm³/mol. The first-order chi connectivity index (χ1) is 12.6. The fourth-order valence-electron chi connectivity index (χ4n) is 2.92. The summed E-state index contributed by atoms with van der Waals surface area (Å²) in [7, 11) is 1.68. The van der Waals surface area contributed by atoms with Crippen molar-refractivity contribution in [2.24, 2.45) is 0 Å². The number of aryl methyl sites for hydroxylation is 2. The quantitative estimate of drug-likeness (QED) is 0.504. The Morgan fingerprint density at radius 2 is 1.77 bits per heavy atom. The third kappa shape index (κ3) is 3.13. The van der Waals surface area contributed by atoms with E-state index in [2.05, 4.69) is 46.5 Å². The molecule has 0 aliphatic rings. The predicted octanol–water partition coefficient (Wildman–Crippen LogP) is 5.73. The van der Waals surface area contributed by atoms with Crippen molar-refractivity contribution in [2.75, 3.05) is 12.4 Å². The van der Waals surface area contributed by atoms with Gasteiger partial charge in [-0.25, -0.2) is 9.97 Å². The van der Waals surface area contributed by atoms with Crippen LogP contribution in [0.25, 0.3) is 20.7 Å². The number of methoxy groups -OCH3 is 1. The fraction of sp³-hybridized carbons (Fsp3) is 0.143. The molecule has 0 bridgehead atoms. The minimum Gasteiger partial charge on any atom is -0.495 e. The minimum atomic E-state index is 0.744. The molecule has 0 aliphatic heterocycles. The first kappa shape index (κ1) is 16.5. The second-order valence-electron chi connectivity index (χ2n) is 6.14. The molecular formula is C21H19N3OS. The Labute approximate surface area is 156 Å². The summed E-state index contributed by atoms with van der Waals surface area (Å²) in [6.07, 6.45) is 0. The summed E-state index contributed by atoms with van der Waals surface area (Å²) < 4.78 is 5.49. The molecule has 2 aromatic heterocycles. The molecule has 130 valence electrons. The second-order valence-corrected chi connectivity index (χ2v) is 7.17. The van der Waals surface area contributed by atoms with Crippen molar-refractivity contribution < 1.29 is 4.74 Å². The molecule has 4 aromatic rings. The zero-order valence-corrected chi connectivity index (χ0v) is 15.7. The van der Waals surface area contributed by atoms with Crippen molar-refractivity contribution in [3.63, 3.8) is 0 Å². The van der Waals surface area contributed by atoms with Crippen LogP contribution in [-0.4, -0.2) is 17.1 Å². The van der Waals surface area contributed by atoms with Crippen LogP contribution in [-0.2, 0) is 0 Å². The number of nitrogens with zero attached hydrogens (tertiary/aromatic N) is 2. The highest BCUT2D eigenvalue weighted by Crippen LogP contribution is 2.37. The zero-order chi connectivity index (χ0) is 18.1. The maximum absolute atomic E-state index is 5.49.